The lowest BCUT2D eigenvalue weighted by molar-refractivity contribution is -0.141. The number of rotatable bonds is 9. The number of benzene rings is 1. The number of alkyl halides is 6. The molecule has 244 valence electrons. The Morgan fingerprint density at radius 1 is 1.04 bits per heavy atom. The Bertz CT molecular complexity index is 1530. The topological polar surface area (TPSA) is 124 Å². The van der Waals surface area contributed by atoms with Crippen molar-refractivity contribution >= 4 is 46.4 Å². The van der Waals surface area contributed by atoms with E-state index in [2.05, 4.69) is 25.6 Å². The number of hydrogen-bond donors (Lipinski definition) is 3. The molecule has 3 heterocycles. The van der Waals surface area contributed by atoms with Crippen LogP contribution in [0.4, 0.5) is 38.0 Å². The van der Waals surface area contributed by atoms with Crippen molar-refractivity contribution in [2.45, 2.75) is 32.2 Å². The third-order valence-electron chi connectivity index (χ3n) is 6.86. The third-order valence-corrected chi connectivity index (χ3v) is 8.12. The summed E-state index contributed by atoms with van der Waals surface area (Å²) in [6.07, 6.45) is -8.90. The van der Waals surface area contributed by atoms with Gasteiger partial charge in [0.1, 0.15) is 10.7 Å². The number of β-amino-alcohol motifs (C(OH)–C–C–N with tert-alkyl or cyclic N) is 1. The summed E-state index contributed by atoms with van der Waals surface area (Å²) in [5, 5.41) is 14.9. The number of anilines is 2. The van der Waals surface area contributed by atoms with Gasteiger partial charge in [-0.15, -0.1) is 11.3 Å². The Morgan fingerprint density at radius 2 is 1.73 bits per heavy atom. The molecule has 1 aromatic carbocycles. The van der Waals surface area contributed by atoms with Crippen LogP contribution in [-0.2, 0) is 12.4 Å². The van der Waals surface area contributed by atoms with Crippen LogP contribution in [0.2, 0.25) is 5.02 Å². The number of aromatic nitrogens is 3. The second-order valence-corrected chi connectivity index (χ2v) is 11.7. The number of aliphatic hydroxyl groups excluding tert-OH is 1. The summed E-state index contributed by atoms with van der Waals surface area (Å²) in [7, 11) is 0. The zero-order chi connectivity index (χ0) is 33.1. The fraction of sp³-hybridized carbons (Fsp3) is 0.444. The molecule has 1 aliphatic rings. The van der Waals surface area contributed by atoms with Crippen molar-refractivity contribution in [1.82, 2.24) is 25.2 Å². The molecule has 0 bridgehead atoms. The minimum absolute atomic E-state index is 0.0407. The monoisotopic (exact) mass is 679 g/mol. The highest BCUT2D eigenvalue weighted by molar-refractivity contribution is 7.10. The second kappa shape index (κ2) is 13.8. The lowest BCUT2D eigenvalue weighted by atomic mass is 10.0. The van der Waals surface area contributed by atoms with E-state index >= 15 is 0 Å². The van der Waals surface area contributed by atoms with Gasteiger partial charge in [-0.05, 0) is 24.1 Å². The minimum Gasteiger partial charge on any atom is -0.395 e. The second-order valence-electron chi connectivity index (χ2n) is 10.4. The summed E-state index contributed by atoms with van der Waals surface area (Å²) in [6.45, 7) is 5.41. The van der Waals surface area contributed by atoms with Crippen molar-refractivity contribution in [3.8, 4) is 0 Å². The molecule has 0 radical (unpaired) electrons. The largest absolute Gasteiger partial charge is 0.434 e. The third kappa shape index (κ3) is 8.39. The number of nitrogens with one attached hydrogen (secondary N) is 2. The van der Waals surface area contributed by atoms with Crippen LogP contribution in [0.25, 0.3) is 0 Å². The molecule has 4 rings (SSSR count). The molecule has 10 nitrogen and oxygen atoms in total. The van der Waals surface area contributed by atoms with Crippen molar-refractivity contribution in [1.29, 1.82) is 0 Å². The van der Waals surface area contributed by atoms with E-state index in [1.165, 1.54) is 11.4 Å². The average Bonchev–Trinajstić information content (AvgIpc) is 3.46. The van der Waals surface area contributed by atoms with Crippen LogP contribution in [0.3, 0.4) is 0 Å². The van der Waals surface area contributed by atoms with Gasteiger partial charge in [0.25, 0.3) is 11.8 Å². The first-order chi connectivity index (χ1) is 21.1. The Hall–Kier alpha value is -3.54. The van der Waals surface area contributed by atoms with Crippen LogP contribution in [0.5, 0.6) is 0 Å². The first-order valence-electron chi connectivity index (χ1n) is 13.5. The van der Waals surface area contributed by atoms with Crippen molar-refractivity contribution in [3.63, 3.8) is 0 Å². The average molecular weight is 680 g/mol. The van der Waals surface area contributed by atoms with Gasteiger partial charge in [-0.25, -0.2) is 15.0 Å². The summed E-state index contributed by atoms with van der Waals surface area (Å²) < 4.78 is 81.8. The zero-order valence-corrected chi connectivity index (χ0v) is 25.4. The highest BCUT2D eigenvalue weighted by Gasteiger charge is 2.39. The lowest BCUT2D eigenvalue weighted by Crippen LogP contribution is -2.48. The summed E-state index contributed by atoms with van der Waals surface area (Å²) >= 11 is 6.56. The van der Waals surface area contributed by atoms with Gasteiger partial charge in [0.2, 0.25) is 5.95 Å². The Balaban J connectivity index is 1.51. The lowest BCUT2D eigenvalue weighted by Gasteiger charge is -2.34. The predicted molar refractivity (Wildman–Crippen MR) is 154 cm³/mol. The number of halogens is 7. The van der Waals surface area contributed by atoms with Gasteiger partial charge in [-0.3, -0.25) is 14.5 Å². The molecular weight excluding hydrogens is 652 g/mol. The molecule has 45 heavy (non-hydrogen) atoms. The van der Waals surface area contributed by atoms with Crippen LogP contribution >= 0.6 is 22.9 Å². The first kappa shape index (κ1) is 34.3. The quantitative estimate of drug-likeness (QED) is 0.267. The molecule has 3 aromatic rings. The maximum atomic E-state index is 14.1. The van der Waals surface area contributed by atoms with Gasteiger partial charge in [-0.1, -0.05) is 25.4 Å². The van der Waals surface area contributed by atoms with Crippen molar-refractivity contribution in [2.24, 2.45) is 5.92 Å². The van der Waals surface area contributed by atoms with Crippen LogP contribution in [0, 0.1) is 5.92 Å². The molecular formula is C27H28ClF6N7O3S. The first-order valence-corrected chi connectivity index (χ1v) is 14.8. The molecule has 18 heteroatoms. The van der Waals surface area contributed by atoms with E-state index in [4.69, 9.17) is 16.7 Å². The van der Waals surface area contributed by atoms with E-state index in [9.17, 15) is 35.9 Å². The fourth-order valence-electron chi connectivity index (χ4n) is 4.50. The molecule has 0 saturated carbocycles. The Morgan fingerprint density at radius 3 is 2.33 bits per heavy atom. The fourth-order valence-corrected chi connectivity index (χ4v) is 5.75. The van der Waals surface area contributed by atoms with Crippen LogP contribution in [0.1, 0.15) is 57.0 Å². The number of carbonyl (C=O) groups excluding carboxylic acids is 2. The summed E-state index contributed by atoms with van der Waals surface area (Å²) in [5.74, 6) is -2.53. The molecule has 2 amide bonds. The smallest absolute Gasteiger partial charge is 0.395 e. The van der Waals surface area contributed by atoms with E-state index in [1.54, 1.807) is 18.7 Å². The number of piperazine rings is 1. The molecule has 1 saturated heterocycles. The number of thiazole rings is 1. The summed E-state index contributed by atoms with van der Waals surface area (Å²) in [5.41, 5.74) is -3.71. The number of amides is 2. The van der Waals surface area contributed by atoms with E-state index in [0.29, 0.717) is 38.8 Å². The van der Waals surface area contributed by atoms with Crippen molar-refractivity contribution in [3.05, 3.63) is 62.3 Å². The number of carbonyl (C=O) groups is 2. The molecule has 0 aliphatic carbocycles. The number of nitrogens with zero attached hydrogens (tertiary/aromatic N) is 5. The van der Waals surface area contributed by atoms with Crippen LogP contribution in [-0.4, -0.2) is 76.1 Å². The van der Waals surface area contributed by atoms with Crippen LogP contribution < -0.4 is 15.5 Å². The van der Waals surface area contributed by atoms with E-state index in [0.717, 1.165) is 23.6 Å². The van der Waals surface area contributed by atoms with Gasteiger partial charge in [0.05, 0.1) is 28.8 Å². The highest BCUT2D eigenvalue weighted by Crippen LogP contribution is 2.37. The van der Waals surface area contributed by atoms with Gasteiger partial charge in [0, 0.05) is 50.0 Å². The van der Waals surface area contributed by atoms with Gasteiger partial charge >= 0.3 is 12.4 Å². The Labute approximate surface area is 262 Å². The summed E-state index contributed by atoms with van der Waals surface area (Å²) in [6, 6.07) is 1.91. The van der Waals surface area contributed by atoms with E-state index < -0.39 is 58.0 Å². The van der Waals surface area contributed by atoms with E-state index in [1.807, 2.05) is 4.90 Å². The molecule has 1 fully saturated rings. The van der Waals surface area contributed by atoms with Crippen molar-refractivity contribution in [2.75, 3.05) is 49.5 Å². The SMILES string of the molecule is CC(C)[C@H](NC(=O)c1cnc(N2CCN(CCO)CC2)nc1C(F)(F)F)c1nc(C(=O)Nc2ccc(Cl)c(C(F)(F)F)c2)cs1. The minimum atomic E-state index is -4.98. The predicted octanol–water partition coefficient (Wildman–Crippen LogP) is 5.12. The molecule has 3 N–H and O–H groups in total. The van der Waals surface area contributed by atoms with E-state index in [-0.39, 0.29) is 28.9 Å². The van der Waals surface area contributed by atoms with Crippen molar-refractivity contribution < 1.29 is 41.0 Å². The molecule has 0 spiro atoms. The molecule has 1 aliphatic heterocycles. The molecule has 2 aromatic heterocycles. The highest BCUT2D eigenvalue weighted by atomic mass is 35.5. The number of hydrogen-bond acceptors (Lipinski definition) is 9. The maximum absolute atomic E-state index is 14.1. The maximum Gasteiger partial charge on any atom is 0.434 e. The standard InChI is InChI=1S/C27H28ClF6N7O3S/c1-14(2)20(24-37-19(13-45-24)23(44)36-15-3-4-18(28)17(11-15)26(29,30)31)38-22(43)16-12-35-25(39-21(16)27(32,33)34)41-7-5-40(6-8-41)9-10-42/h3-4,11-14,20,42H,5-10H2,1-2H3,(H,36,44)(H,38,43)/t20-/m0/s1. The zero-order valence-electron chi connectivity index (χ0n) is 23.8. The van der Waals surface area contributed by atoms with Crippen LogP contribution in [0.15, 0.2) is 29.8 Å². The van der Waals surface area contributed by atoms with Gasteiger partial charge < -0.3 is 20.6 Å². The summed E-state index contributed by atoms with van der Waals surface area (Å²) in [4.78, 5) is 41.4. The normalized spacial score (nSPS) is 15.3. The van der Waals surface area contributed by atoms with Gasteiger partial charge in [-0.2, -0.15) is 26.3 Å². The molecule has 0 unspecified atom stereocenters. The Kier molecular flexibility index (Phi) is 10.6. The number of aliphatic hydroxyl groups is 1. The van der Waals surface area contributed by atoms with Gasteiger partial charge in [0.15, 0.2) is 5.69 Å². The molecule has 1 atom stereocenters.